The Kier molecular flexibility index (Phi) is 5.56. The second-order valence-electron chi connectivity index (χ2n) is 6.15. The van der Waals surface area contributed by atoms with E-state index in [9.17, 15) is 18.4 Å². The predicted octanol–water partition coefficient (Wildman–Crippen LogP) is 4.91. The van der Waals surface area contributed by atoms with Crippen molar-refractivity contribution >= 4 is 35.0 Å². The zero-order valence-electron chi connectivity index (χ0n) is 14.1. The molecule has 1 aliphatic carbocycles. The van der Waals surface area contributed by atoms with Gasteiger partial charge in [0.2, 0.25) is 5.91 Å². The fourth-order valence-electron chi connectivity index (χ4n) is 2.41. The van der Waals surface area contributed by atoms with Gasteiger partial charge in [0.25, 0.3) is 11.7 Å². The summed E-state index contributed by atoms with van der Waals surface area (Å²) in [6, 6.07) is 11.3. The Balaban J connectivity index is 1.68. The normalized spacial score (nSPS) is 13.5. The lowest BCUT2D eigenvalue weighted by Crippen LogP contribution is -2.15. The largest absolute Gasteiger partial charge is 0.326 e. The molecule has 0 aromatic heterocycles. The Morgan fingerprint density at radius 2 is 1.77 bits per heavy atom. The maximum absolute atomic E-state index is 12.4. The maximum atomic E-state index is 12.4. The zero-order chi connectivity index (χ0) is 18.7. The van der Waals surface area contributed by atoms with Gasteiger partial charge in [0.1, 0.15) is 0 Å². The highest BCUT2D eigenvalue weighted by Crippen LogP contribution is 2.31. The monoisotopic (exact) mass is 376 g/mol. The Morgan fingerprint density at radius 3 is 2.38 bits per heavy atom. The van der Waals surface area contributed by atoms with Crippen molar-refractivity contribution in [2.45, 2.75) is 30.4 Å². The Labute approximate surface area is 154 Å². The van der Waals surface area contributed by atoms with Crippen molar-refractivity contribution in [2.75, 3.05) is 10.6 Å². The van der Waals surface area contributed by atoms with Gasteiger partial charge in [0, 0.05) is 27.8 Å². The van der Waals surface area contributed by atoms with E-state index in [1.54, 1.807) is 12.1 Å². The number of carbonyl (C=O) groups excluding carboxylic acids is 2. The fraction of sp³-hybridized carbons (Fsp3) is 0.263. The topological polar surface area (TPSA) is 58.2 Å². The minimum absolute atomic E-state index is 0.00162. The van der Waals surface area contributed by atoms with Crippen molar-refractivity contribution in [3.05, 3.63) is 53.6 Å². The van der Waals surface area contributed by atoms with Crippen LogP contribution < -0.4 is 10.6 Å². The van der Waals surface area contributed by atoms with E-state index in [2.05, 4.69) is 10.6 Å². The first-order valence-corrected chi connectivity index (χ1v) is 9.08. The van der Waals surface area contributed by atoms with Crippen molar-refractivity contribution in [1.29, 1.82) is 0 Å². The summed E-state index contributed by atoms with van der Waals surface area (Å²) in [4.78, 5) is 24.7. The number of alkyl halides is 2. The smallest absolute Gasteiger partial charge is 0.288 e. The second kappa shape index (κ2) is 7.86. The highest BCUT2D eigenvalue weighted by molar-refractivity contribution is 7.99. The van der Waals surface area contributed by atoms with E-state index in [4.69, 9.17) is 0 Å². The van der Waals surface area contributed by atoms with Crippen LogP contribution in [0.1, 0.15) is 28.8 Å². The minimum Gasteiger partial charge on any atom is -0.326 e. The highest BCUT2D eigenvalue weighted by Gasteiger charge is 2.29. The number of halogens is 2. The summed E-state index contributed by atoms with van der Waals surface area (Å²) in [5.74, 6) is -2.74. The van der Waals surface area contributed by atoms with Crippen LogP contribution in [0, 0.1) is 12.8 Å². The van der Waals surface area contributed by atoms with Crippen molar-refractivity contribution in [3.8, 4) is 0 Å². The Morgan fingerprint density at radius 1 is 1.08 bits per heavy atom. The number of anilines is 2. The molecule has 4 nitrogen and oxygen atoms in total. The molecule has 3 rings (SSSR count). The van der Waals surface area contributed by atoms with Crippen molar-refractivity contribution in [3.63, 3.8) is 0 Å². The lowest BCUT2D eigenvalue weighted by Gasteiger charge is -2.12. The molecular formula is C19H18F2N2O2S. The molecule has 0 heterocycles. The lowest BCUT2D eigenvalue weighted by atomic mass is 10.1. The molecule has 26 heavy (non-hydrogen) atoms. The molecule has 0 spiro atoms. The molecule has 0 atom stereocenters. The standard InChI is InChI=1S/C19H18F2N2O2S/c1-11-2-7-14(22-17(24)12-3-4-12)10-16(11)23-18(25)13-5-8-15(9-6-13)26-19(20)21/h2,5-10,12,19H,3-4H2,1H3,(H,22,24)(H,23,25). The third-order valence-corrected chi connectivity index (χ3v) is 4.77. The first-order chi connectivity index (χ1) is 12.4. The summed E-state index contributed by atoms with van der Waals surface area (Å²) in [6.45, 7) is 1.85. The van der Waals surface area contributed by atoms with Crippen LogP contribution in [-0.2, 0) is 4.79 Å². The van der Waals surface area contributed by atoms with Gasteiger partial charge in [-0.15, -0.1) is 0 Å². The molecule has 2 aromatic carbocycles. The van der Waals surface area contributed by atoms with Crippen LogP contribution in [0.2, 0.25) is 0 Å². The average molecular weight is 376 g/mol. The number of rotatable bonds is 6. The van der Waals surface area contributed by atoms with Gasteiger partial charge in [-0.25, -0.2) is 0 Å². The molecule has 7 heteroatoms. The van der Waals surface area contributed by atoms with E-state index >= 15 is 0 Å². The number of hydrogen-bond donors (Lipinski definition) is 2. The summed E-state index contributed by atoms with van der Waals surface area (Å²) in [7, 11) is 0. The Hall–Kier alpha value is -2.41. The molecule has 0 radical (unpaired) electrons. The third-order valence-electron chi connectivity index (χ3n) is 4.04. The molecule has 2 N–H and O–H groups in total. The number of aryl methyl sites for hydroxylation is 1. The molecule has 0 unspecified atom stereocenters. The minimum atomic E-state index is -2.49. The number of amides is 2. The number of thioether (sulfide) groups is 1. The predicted molar refractivity (Wildman–Crippen MR) is 98.8 cm³/mol. The van der Waals surface area contributed by atoms with Crippen LogP contribution in [0.25, 0.3) is 0 Å². The van der Waals surface area contributed by atoms with Gasteiger partial charge in [-0.3, -0.25) is 9.59 Å². The second-order valence-corrected chi connectivity index (χ2v) is 7.21. The van der Waals surface area contributed by atoms with Crippen molar-refractivity contribution < 1.29 is 18.4 Å². The van der Waals surface area contributed by atoms with E-state index < -0.39 is 5.76 Å². The first-order valence-electron chi connectivity index (χ1n) is 8.20. The number of benzene rings is 2. The molecule has 1 saturated carbocycles. The fourth-order valence-corrected chi connectivity index (χ4v) is 2.91. The number of hydrogen-bond acceptors (Lipinski definition) is 3. The summed E-state index contributed by atoms with van der Waals surface area (Å²) >= 11 is 0.435. The quantitative estimate of drug-likeness (QED) is 0.704. The summed E-state index contributed by atoms with van der Waals surface area (Å²) < 4.78 is 24.7. The summed E-state index contributed by atoms with van der Waals surface area (Å²) in [5.41, 5.74) is 2.45. The average Bonchev–Trinajstić information content (AvgIpc) is 3.43. The van der Waals surface area contributed by atoms with Gasteiger partial charge < -0.3 is 10.6 Å². The van der Waals surface area contributed by atoms with Gasteiger partial charge in [-0.05, 0) is 61.7 Å². The van der Waals surface area contributed by atoms with Crippen molar-refractivity contribution in [2.24, 2.45) is 5.92 Å². The van der Waals surface area contributed by atoms with Crippen LogP contribution >= 0.6 is 11.8 Å². The van der Waals surface area contributed by atoms with E-state index in [1.165, 1.54) is 24.3 Å². The Bertz CT molecular complexity index is 821. The van der Waals surface area contributed by atoms with Gasteiger partial charge in [0.05, 0.1) is 0 Å². The van der Waals surface area contributed by atoms with E-state index in [-0.39, 0.29) is 17.7 Å². The van der Waals surface area contributed by atoms with Gasteiger partial charge in [-0.2, -0.15) is 8.78 Å². The molecule has 136 valence electrons. The molecule has 1 aliphatic rings. The van der Waals surface area contributed by atoms with Crippen LogP contribution in [0.3, 0.4) is 0 Å². The number of carbonyl (C=O) groups is 2. The molecule has 1 fully saturated rings. The SMILES string of the molecule is Cc1ccc(NC(=O)C2CC2)cc1NC(=O)c1ccc(SC(F)F)cc1. The van der Waals surface area contributed by atoms with Crippen LogP contribution in [0.4, 0.5) is 20.2 Å². The summed E-state index contributed by atoms with van der Waals surface area (Å²) in [5, 5.41) is 5.65. The molecular weight excluding hydrogens is 358 g/mol. The van der Waals surface area contributed by atoms with Crippen LogP contribution in [0.5, 0.6) is 0 Å². The van der Waals surface area contributed by atoms with Gasteiger partial charge in [-0.1, -0.05) is 17.8 Å². The van der Waals surface area contributed by atoms with E-state index in [0.29, 0.717) is 33.6 Å². The molecule has 0 bridgehead atoms. The zero-order valence-corrected chi connectivity index (χ0v) is 14.9. The van der Waals surface area contributed by atoms with E-state index in [1.807, 2.05) is 13.0 Å². The molecule has 2 aromatic rings. The van der Waals surface area contributed by atoms with Crippen LogP contribution in [0.15, 0.2) is 47.4 Å². The lowest BCUT2D eigenvalue weighted by molar-refractivity contribution is -0.117. The molecule has 0 aliphatic heterocycles. The first kappa shape index (κ1) is 18.4. The summed E-state index contributed by atoms with van der Waals surface area (Å²) in [6.07, 6.45) is 1.84. The molecule has 0 saturated heterocycles. The number of nitrogens with one attached hydrogen (secondary N) is 2. The van der Waals surface area contributed by atoms with Gasteiger partial charge >= 0.3 is 0 Å². The molecule has 2 amide bonds. The van der Waals surface area contributed by atoms with Crippen molar-refractivity contribution in [1.82, 2.24) is 0 Å². The third kappa shape index (κ3) is 4.82. The van der Waals surface area contributed by atoms with E-state index in [0.717, 1.165) is 18.4 Å². The highest BCUT2D eigenvalue weighted by atomic mass is 32.2. The van der Waals surface area contributed by atoms with Gasteiger partial charge in [0.15, 0.2) is 0 Å². The van der Waals surface area contributed by atoms with Crippen LogP contribution in [-0.4, -0.2) is 17.6 Å². The maximum Gasteiger partial charge on any atom is 0.288 e.